The maximum Gasteiger partial charge on any atom is 0.231 e. The van der Waals surface area contributed by atoms with E-state index in [9.17, 15) is 0 Å². The Morgan fingerprint density at radius 3 is 2.60 bits per heavy atom. The Morgan fingerprint density at radius 2 is 1.80 bits per heavy atom. The number of fused-ring (bicyclic) bond motifs is 1. The SMILES string of the molecule is CC(N[C@@H](C)C1CCCCC1)c1ccc2c(c1)OCO2. The molecule has 0 spiro atoms. The van der Waals surface area contributed by atoms with Crippen LogP contribution in [0.5, 0.6) is 11.5 Å². The molecule has 1 unspecified atom stereocenters. The Kier molecular flexibility index (Phi) is 4.16. The molecule has 1 aromatic rings. The number of hydrogen-bond donors (Lipinski definition) is 1. The second kappa shape index (κ2) is 6.04. The first-order valence-corrected chi connectivity index (χ1v) is 7.89. The maximum atomic E-state index is 5.46. The van der Waals surface area contributed by atoms with Gasteiger partial charge in [-0.3, -0.25) is 0 Å². The van der Waals surface area contributed by atoms with Gasteiger partial charge in [-0.15, -0.1) is 0 Å². The highest BCUT2D eigenvalue weighted by Gasteiger charge is 2.22. The molecule has 1 heterocycles. The lowest BCUT2D eigenvalue weighted by Crippen LogP contribution is -2.36. The third-order valence-corrected chi connectivity index (χ3v) is 4.77. The summed E-state index contributed by atoms with van der Waals surface area (Å²) in [6.07, 6.45) is 6.97. The van der Waals surface area contributed by atoms with E-state index in [1.807, 2.05) is 6.07 Å². The standard InChI is InChI=1S/C17H25NO2/c1-12(14-6-4-3-5-7-14)18-13(2)15-8-9-16-17(10-15)20-11-19-16/h8-10,12-14,18H,3-7,11H2,1-2H3/t12-,13?/m0/s1. The van der Waals surface area contributed by atoms with Gasteiger partial charge in [0, 0.05) is 12.1 Å². The van der Waals surface area contributed by atoms with Crippen LogP contribution in [0.1, 0.15) is 57.6 Å². The van der Waals surface area contributed by atoms with Crippen molar-refractivity contribution in [3.05, 3.63) is 23.8 Å². The van der Waals surface area contributed by atoms with Gasteiger partial charge >= 0.3 is 0 Å². The molecule has 3 heteroatoms. The molecule has 110 valence electrons. The average molecular weight is 275 g/mol. The van der Waals surface area contributed by atoms with Crippen LogP contribution in [0, 0.1) is 5.92 Å². The molecule has 2 atom stereocenters. The van der Waals surface area contributed by atoms with Crippen LogP contribution in [0.3, 0.4) is 0 Å². The van der Waals surface area contributed by atoms with Crippen molar-refractivity contribution in [2.45, 2.75) is 58.0 Å². The van der Waals surface area contributed by atoms with Crippen LogP contribution >= 0.6 is 0 Å². The fourth-order valence-electron chi connectivity index (χ4n) is 3.44. The normalized spacial score (nSPS) is 21.7. The summed E-state index contributed by atoms with van der Waals surface area (Å²) in [6, 6.07) is 7.19. The fourth-order valence-corrected chi connectivity index (χ4v) is 3.44. The molecule has 0 aromatic heterocycles. The molecular weight excluding hydrogens is 250 g/mol. The lowest BCUT2D eigenvalue weighted by Gasteiger charge is -2.30. The molecule has 1 aliphatic heterocycles. The summed E-state index contributed by atoms with van der Waals surface area (Å²) in [5.74, 6) is 2.57. The zero-order valence-corrected chi connectivity index (χ0v) is 12.5. The van der Waals surface area contributed by atoms with E-state index in [1.165, 1.54) is 37.7 Å². The average Bonchev–Trinajstić information content (AvgIpc) is 2.95. The zero-order chi connectivity index (χ0) is 13.9. The number of rotatable bonds is 4. The van der Waals surface area contributed by atoms with Crippen molar-refractivity contribution >= 4 is 0 Å². The summed E-state index contributed by atoms with van der Waals surface area (Å²) in [6.45, 7) is 4.91. The summed E-state index contributed by atoms with van der Waals surface area (Å²) in [5.41, 5.74) is 1.27. The number of hydrogen-bond acceptors (Lipinski definition) is 3. The minimum absolute atomic E-state index is 0.346. The lowest BCUT2D eigenvalue weighted by atomic mass is 9.84. The van der Waals surface area contributed by atoms with E-state index in [1.54, 1.807) is 0 Å². The summed E-state index contributed by atoms with van der Waals surface area (Å²) in [4.78, 5) is 0. The highest BCUT2D eigenvalue weighted by atomic mass is 16.7. The third-order valence-electron chi connectivity index (χ3n) is 4.77. The van der Waals surface area contributed by atoms with Gasteiger partial charge in [-0.05, 0) is 50.3 Å². The first-order valence-electron chi connectivity index (χ1n) is 7.89. The Balaban J connectivity index is 1.62. The van der Waals surface area contributed by atoms with Gasteiger partial charge in [-0.2, -0.15) is 0 Å². The van der Waals surface area contributed by atoms with Gasteiger partial charge in [0.05, 0.1) is 0 Å². The maximum absolute atomic E-state index is 5.46. The van der Waals surface area contributed by atoms with Crippen LogP contribution in [0.25, 0.3) is 0 Å². The molecule has 1 fully saturated rings. The van der Waals surface area contributed by atoms with Crippen LogP contribution in [0.4, 0.5) is 0 Å². The quantitative estimate of drug-likeness (QED) is 0.899. The molecule has 0 bridgehead atoms. The van der Waals surface area contributed by atoms with E-state index in [-0.39, 0.29) is 0 Å². The van der Waals surface area contributed by atoms with Crippen molar-refractivity contribution in [1.29, 1.82) is 0 Å². The fraction of sp³-hybridized carbons (Fsp3) is 0.647. The molecule has 1 aliphatic carbocycles. The molecular formula is C17H25NO2. The predicted molar refractivity (Wildman–Crippen MR) is 80.2 cm³/mol. The first-order chi connectivity index (χ1) is 9.74. The Labute approximate surface area is 121 Å². The van der Waals surface area contributed by atoms with Crippen LogP contribution in [0.15, 0.2) is 18.2 Å². The first kappa shape index (κ1) is 13.7. The minimum atomic E-state index is 0.346. The van der Waals surface area contributed by atoms with Crippen LogP contribution in [0.2, 0.25) is 0 Å². The number of benzene rings is 1. The van der Waals surface area contributed by atoms with Crippen LogP contribution < -0.4 is 14.8 Å². The summed E-state index contributed by atoms with van der Waals surface area (Å²) >= 11 is 0. The minimum Gasteiger partial charge on any atom is -0.454 e. The molecule has 20 heavy (non-hydrogen) atoms. The van der Waals surface area contributed by atoms with Gasteiger partial charge < -0.3 is 14.8 Å². The van der Waals surface area contributed by atoms with Crippen molar-refractivity contribution in [2.75, 3.05) is 6.79 Å². The molecule has 1 saturated carbocycles. The van der Waals surface area contributed by atoms with Gasteiger partial charge in [0.2, 0.25) is 6.79 Å². The molecule has 0 radical (unpaired) electrons. The van der Waals surface area contributed by atoms with Crippen molar-refractivity contribution in [3.63, 3.8) is 0 Å². The van der Waals surface area contributed by atoms with Crippen molar-refractivity contribution in [1.82, 2.24) is 5.32 Å². The van der Waals surface area contributed by atoms with Crippen molar-refractivity contribution in [3.8, 4) is 11.5 Å². The number of ether oxygens (including phenoxy) is 2. The van der Waals surface area contributed by atoms with Gasteiger partial charge in [0.15, 0.2) is 11.5 Å². The smallest absolute Gasteiger partial charge is 0.231 e. The van der Waals surface area contributed by atoms with Crippen LogP contribution in [-0.2, 0) is 0 Å². The summed E-state index contributed by atoms with van der Waals surface area (Å²) < 4.78 is 10.8. The topological polar surface area (TPSA) is 30.5 Å². The van der Waals surface area contributed by atoms with E-state index in [0.717, 1.165) is 17.4 Å². The van der Waals surface area contributed by atoms with E-state index in [4.69, 9.17) is 9.47 Å². The molecule has 3 nitrogen and oxygen atoms in total. The Morgan fingerprint density at radius 1 is 1.05 bits per heavy atom. The second-order valence-electron chi connectivity index (χ2n) is 6.19. The molecule has 3 rings (SSSR count). The predicted octanol–water partition coefficient (Wildman–Crippen LogP) is 4.03. The zero-order valence-electron chi connectivity index (χ0n) is 12.5. The monoisotopic (exact) mass is 275 g/mol. The van der Waals surface area contributed by atoms with E-state index < -0.39 is 0 Å². The van der Waals surface area contributed by atoms with E-state index in [0.29, 0.717) is 18.9 Å². The molecule has 1 N–H and O–H groups in total. The molecule has 1 aromatic carbocycles. The van der Waals surface area contributed by atoms with Gasteiger partial charge in [-0.25, -0.2) is 0 Å². The van der Waals surface area contributed by atoms with Crippen molar-refractivity contribution < 1.29 is 9.47 Å². The largest absolute Gasteiger partial charge is 0.454 e. The Bertz CT molecular complexity index is 454. The van der Waals surface area contributed by atoms with Gasteiger partial charge in [0.1, 0.15) is 0 Å². The highest BCUT2D eigenvalue weighted by Crippen LogP contribution is 2.34. The van der Waals surface area contributed by atoms with Crippen molar-refractivity contribution in [2.24, 2.45) is 5.92 Å². The lowest BCUT2D eigenvalue weighted by molar-refractivity contribution is 0.174. The second-order valence-corrected chi connectivity index (χ2v) is 6.19. The number of nitrogens with one attached hydrogen (secondary N) is 1. The highest BCUT2D eigenvalue weighted by molar-refractivity contribution is 5.45. The van der Waals surface area contributed by atoms with Crippen LogP contribution in [-0.4, -0.2) is 12.8 Å². The van der Waals surface area contributed by atoms with E-state index in [2.05, 4.69) is 31.3 Å². The summed E-state index contributed by atoms with van der Waals surface area (Å²) in [5, 5.41) is 3.76. The third kappa shape index (κ3) is 2.93. The molecule has 0 saturated heterocycles. The molecule has 2 aliphatic rings. The molecule has 0 amide bonds. The summed E-state index contributed by atoms with van der Waals surface area (Å²) in [7, 11) is 0. The van der Waals surface area contributed by atoms with E-state index >= 15 is 0 Å². The Hall–Kier alpha value is -1.22. The van der Waals surface area contributed by atoms with Gasteiger partial charge in [0.25, 0.3) is 0 Å². The van der Waals surface area contributed by atoms with Gasteiger partial charge in [-0.1, -0.05) is 25.3 Å².